The topological polar surface area (TPSA) is 101 Å². The lowest BCUT2D eigenvalue weighted by Gasteiger charge is -2.36. The zero-order valence-electron chi connectivity index (χ0n) is 19.2. The van der Waals surface area contributed by atoms with E-state index in [1.807, 2.05) is 4.90 Å². The van der Waals surface area contributed by atoms with Gasteiger partial charge in [-0.2, -0.15) is 0 Å². The minimum absolute atomic E-state index is 0. The molecular formula is C22H34IN7O3. The van der Waals surface area contributed by atoms with Crippen LogP contribution in [0.2, 0.25) is 0 Å². The van der Waals surface area contributed by atoms with Gasteiger partial charge in [0, 0.05) is 52.3 Å². The Hall–Kier alpha value is -2.15. The summed E-state index contributed by atoms with van der Waals surface area (Å²) in [5.74, 6) is 2.18. The SMILES string of the molecule is CCc1nncn1CCNC(=NCC1CCCCO1)N1CCN(C(=O)c2ccco2)CC1.I. The summed E-state index contributed by atoms with van der Waals surface area (Å²) in [5.41, 5.74) is 0. The fourth-order valence-corrected chi connectivity index (χ4v) is 4.11. The van der Waals surface area contributed by atoms with Gasteiger partial charge in [-0.3, -0.25) is 9.79 Å². The van der Waals surface area contributed by atoms with Crippen molar-refractivity contribution in [1.82, 2.24) is 29.9 Å². The number of furan rings is 1. The number of ether oxygens (including phenoxy) is 1. The maximum absolute atomic E-state index is 12.6. The van der Waals surface area contributed by atoms with E-state index in [9.17, 15) is 4.79 Å². The fraction of sp³-hybridized carbons (Fsp3) is 0.636. The van der Waals surface area contributed by atoms with Crippen molar-refractivity contribution in [3.05, 3.63) is 36.3 Å². The van der Waals surface area contributed by atoms with E-state index >= 15 is 0 Å². The van der Waals surface area contributed by atoms with Crippen LogP contribution in [0.3, 0.4) is 0 Å². The second kappa shape index (κ2) is 12.9. The molecule has 0 aliphatic carbocycles. The summed E-state index contributed by atoms with van der Waals surface area (Å²) in [6.07, 6.45) is 7.73. The Bertz CT molecular complexity index is 872. The van der Waals surface area contributed by atoms with Gasteiger partial charge in [-0.1, -0.05) is 6.92 Å². The first kappa shape index (κ1) is 25.5. The number of aryl methyl sites for hydroxylation is 1. The Morgan fingerprint density at radius 1 is 1.24 bits per heavy atom. The highest BCUT2D eigenvalue weighted by Crippen LogP contribution is 2.14. The van der Waals surface area contributed by atoms with Crippen LogP contribution in [0.15, 0.2) is 34.1 Å². The molecule has 0 bridgehead atoms. The van der Waals surface area contributed by atoms with Crippen LogP contribution in [-0.4, -0.2) is 88.4 Å². The quantitative estimate of drug-likeness (QED) is 0.309. The van der Waals surface area contributed by atoms with Crippen molar-refractivity contribution in [3.63, 3.8) is 0 Å². The molecule has 2 aliphatic heterocycles. The Labute approximate surface area is 211 Å². The van der Waals surface area contributed by atoms with E-state index in [-0.39, 0.29) is 36.0 Å². The number of aliphatic imine (C=N–C) groups is 1. The van der Waals surface area contributed by atoms with Gasteiger partial charge in [0.25, 0.3) is 5.91 Å². The molecule has 182 valence electrons. The molecule has 4 heterocycles. The second-order valence-electron chi connectivity index (χ2n) is 8.13. The van der Waals surface area contributed by atoms with Gasteiger partial charge < -0.3 is 28.8 Å². The first-order valence-electron chi connectivity index (χ1n) is 11.6. The lowest BCUT2D eigenvalue weighted by molar-refractivity contribution is 0.0222. The molecule has 33 heavy (non-hydrogen) atoms. The van der Waals surface area contributed by atoms with Crippen molar-refractivity contribution in [2.75, 3.05) is 45.9 Å². The summed E-state index contributed by atoms with van der Waals surface area (Å²) in [6.45, 7) is 7.75. The number of rotatable bonds is 7. The monoisotopic (exact) mass is 571 g/mol. The molecule has 10 nitrogen and oxygen atoms in total. The van der Waals surface area contributed by atoms with E-state index in [4.69, 9.17) is 14.1 Å². The zero-order valence-corrected chi connectivity index (χ0v) is 21.5. The van der Waals surface area contributed by atoms with E-state index in [0.29, 0.717) is 25.4 Å². The number of amides is 1. The predicted octanol–water partition coefficient (Wildman–Crippen LogP) is 2.02. The Balaban J connectivity index is 0.00000306. The minimum atomic E-state index is -0.0589. The number of piperazine rings is 1. The third-order valence-corrected chi connectivity index (χ3v) is 5.96. The molecule has 2 aromatic rings. The molecule has 2 aromatic heterocycles. The summed E-state index contributed by atoms with van der Waals surface area (Å²) in [5, 5.41) is 11.7. The van der Waals surface area contributed by atoms with Crippen LogP contribution in [0, 0.1) is 0 Å². The summed E-state index contributed by atoms with van der Waals surface area (Å²) in [7, 11) is 0. The summed E-state index contributed by atoms with van der Waals surface area (Å²) >= 11 is 0. The maximum Gasteiger partial charge on any atom is 0.289 e. The molecule has 0 spiro atoms. The predicted molar refractivity (Wildman–Crippen MR) is 135 cm³/mol. The normalized spacial score (nSPS) is 19.3. The highest BCUT2D eigenvalue weighted by atomic mass is 127. The van der Waals surface area contributed by atoms with Crippen LogP contribution in [0.5, 0.6) is 0 Å². The first-order valence-corrected chi connectivity index (χ1v) is 11.6. The minimum Gasteiger partial charge on any atom is -0.459 e. The van der Waals surface area contributed by atoms with Crippen LogP contribution in [0.1, 0.15) is 42.6 Å². The number of nitrogens with zero attached hydrogens (tertiary/aromatic N) is 6. The van der Waals surface area contributed by atoms with Gasteiger partial charge in [0.2, 0.25) is 0 Å². The molecule has 1 amide bonds. The fourth-order valence-electron chi connectivity index (χ4n) is 4.11. The van der Waals surface area contributed by atoms with Gasteiger partial charge in [-0.05, 0) is 31.4 Å². The summed E-state index contributed by atoms with van der Waals surface area (Å²) < 4.78 is 13.2. The number of hydrogen-bond acceptors (Lipinski definition) is 6. The molecule has 1 atom stereocenters. The van der Waals surface area contributed by atoms with Crippen LogP contribution in [0.25, 0.3) is 0 Å². The number of nitrogens with one attached hydrogen (secondary N) is 1. The lowest BCUT2D eigenvalue weighted by atomic mass is 10.1. The van der Waals surface area contributed by atoms with E-state index in [2.05, 4.69) is 31.9 Å². The molecule has 1 unspecified atom stereocenters. The Kier molecular flexibility index (Phi) is 9.97. The number of halogens is 1. The van der Waals surface area contributed by atoms with E-state index in [0.717, 1.165) is 63.8 Å². The van der Waals surface area contributed by atoms with Crippen molar-refractivity contribution in [1.29, 1.82) is 0 Å². The maximum atomic E-state index is 12.6. The van der Waals surface area contributed by atoms with Crippen molar-refractivity contribution in [3.8, 4) is 0 Å². The summed E-state index contributed by atoms with van der Waals surface area (Å²) in [4.78, 5) is 21.5. The van der Waals surface area contributed by atoms with Crippen molar-refractivity contribution in [2.45, 2.75) is 45.3 Å². The molecule has 2 aliphatic rings. The van der Waals surface area contributed by atoms with Gasteiger partial charge in [0.1, 0.15) is 12.2 Å². The lowest BCUT2D eigenvalue weighted by Crippen LogP contribution is -2.54. The van der Waals surface area contributed by atoms with Gasteiger partial charge in [0.05, 0.1) is 18.9 Å². The van der Waals surface area contributed by atoms with Gasteiger partial charge in [-0.25, -0.2) is 0 Å². The van der Waals surface area contributed by atoms with Crippen LogP contribution in [-0.2, 0) is 17.7 Å². The Morgan fingerprint density at radius 2 is 2.06 bits per heavy atom. The zero-order chi connectivity index (χ0) is 22.2. The number of hydrogen-bond donors (Lipinski definition) is 1. The van der Waals surface area contributed by atoms with Crippen LogP contribution >= 0.6 is 24.0 Å². The molecule has 0 radical (unpaired) electrons. The van der Waals surface area contributed by atoms with Crippen molar-refractivity contribution < 1.29 is 13.9 Å². The molecule has 2 saturated heterocycles. The standard InChI is InChI=1S/C22H33N7O3.HI/c1-2-20-26-25-17-29(20)9-8-23-22(24-16-18-6-3-4-14-31-18)28-12-10-27(11-13-28)21(30)19-7-5-15-32-19;/h5,7,15,17-18H,2-4,6,8-14,16H2,1H3,(H,23,24);1H. The average Bonchev–Trinajstić information content (AvgIpc) is 3.54. The van der Waals surface area contributed by atoms with E-state index in [1.165, 1.54) is 12.7 Å². The molecule has 2 fully saturated rings. The van der Waals surface area contributed by atoms with Crippen molar-refractivity contribution >= 4 is 35.8 Å². The number of carbonyl (C=O) groups excluding carboxylic acids is 1. The molecule has 4 rings (SSSR count). The second-order valence-corrected chi connectivity index (χ2v) is 8.13. The van der Waals surface area contributed by atoms with Gasteiger partial charge >= 0.3 is 0 Å². The van der Waals surface area contributed by atoms with Crippen LogP contribution < -0.4 is 5.32 Å². The van der Waals surface area contributed by atoms with E-state index < -0.39 is 0 Å². The first-order chi connectivity index (χ1) is 15.7. The Morgan fingerprint density at radius 3 is 2.76 bits per heavy atom. The largest absolute Gasteiger partial charge is 0.459 e. The van der Waals surface area contributed by atoms with Gasteiger partial charge in [0.15, 0.2) is 11.7 Å². The van der Waals surface area contributed by atoms with Crippen LogP contribution in [0.4, 0.5) is 0 Å². The third-order valence-electron chi connectivity index (χ3n) is 5.96. The average molecular weight is 571 g/mol. The molecular weight excluding hydrogens is 537 g/mol. The summed E-state index contributed by atoms with van der Waals surface area (Å²) in [6, 6.07) is 3.45. The molecule has 11 heteroatoms. The number of aromatic nitrogens is 3. The molecule has 1 N–H and O–H groups in total. The van der Waals surface area contributed by atoms with Crippen molar-refractivity contribution in [2.24, 2.45) is 4.99 Å². The molecule has 0 aromatic carbocycles. The number of carbonyl (C=O) groups is 1. The highest BCUT2D eigenvalue weighted by Gasteiger charge is 2.25. The number of guanidine groups is 1. The smallest absolute Gasteiger partial charge is 0.289 e. The van der Waals surface area contributed by atoms with E-state index in [1.54, 1.807) is 18.5 Å². The van der Waals surface area contributed by atoms with Gasteiger partial charge in [-0.15, -0.1) is 34.2 Å². The third kappa shape index (κ3) is 6.92. The highest BCUT2D eigenvalue weighted by molar-refractivity contribution is 14.0. The molecule has 0 saturated carbocycles.